The maximum absolute atomic E-state index is 10.2. The number of aryl methyl sites for hydroxylation is 2. The molecule has 2 heterocycles. The number of nitrogens with zero attached hydrogens (tertiary/aromatic N) is 2. The zero-order valence-electron chi connectivity index (χ0n) is 11.0. The van der Waals surface area contributed by atoms with E-state index in [9.17, 15) is 5.11 Å². The Morgan fingerprint density at radius 1 is 1.47 bits per heavy atom. The highest BCUT2D eigenvalue weighted by Crippen LogP contribution is 2.30. The third-order valence-electron chi connectivity index (χ3n) is 3.69. The van der Waals surface area contributed by atoms with Crippen LogP contribution >= 0.6 is 0 Å². The second-order valence-electron chi connectivity index (χ2n) is 5.03. The molecular formula is C15H18N2O2. The van der Waals surface area contributed by atoms with Crippen LogP contribution in [-0.2, 0) is 19.9 Å². The minimum absolute atomic E-state index is 0.127. The van der Waals surface area contributed by atoms with Crippen LogP contribution in [0.3, 0.4) is 0 Å². The molecule has 0 fully saturated rings. The normalized spacial score (nSPS) is 18.9. The summed E-state index contributed by atoms with van der Waals surface area (Å²) in [4.78, 5) is 4.26. The number of hydrogen-bond acceptors (Lipinski definition) is 3. The number of ether oxygens (including phenoxy) is 1. The lowest BCUT2D eigenvalue weighted by Gasteiger charge is -2.17. The molecule has 0 spiro atoms. The van der Waals surface area contributed by atoms with E-state index in [0.717, 1.165) is 24.4 Å². The Hall–Kier alpha value is -1.81. The molecule has 2 aromatic rings. The average molecular weight is 258 g/mol. The van der Waals surface area contributed by atoms with Crippen molar-refractivity contribution in [2.75, 3.05) is 0 Å². The zero-order valence-corrected chi connectivity index (χ0v) is 11.0. The van der Waals surface area contributed by atoms with E-state index in [1.807, 2.05) is 36.0 Å². The smallest absolute Gasteiger partial charge is 0.129 e. The average Bonchev–Trinajstić information content (AvgIpc) is 3.01. The maximum Gasteiger partial charge on any atom is 0.129 e. The molecule has 4 heteroatoms. The highest BCUT2D eigenvalue weighted by molar-refractivity contribution is 5.37. The van der Waals surface area contributed by atoms with Gasteiger partial charge in [0.25, 0.3) is 0 Å². The predicted molar refractivity (Wildman–Crippen MR) is 72.1 cm³/mol. The Morgan fingerprint density at radius 3 is 3.05 bits per heavy atom. The lowest BCUT2D eigenvalue weighted by Crippen LogP contribution is -2.30. The van der Waals surface area contributed by atoms with Crippen molar-refractivity contribution in [1.82, 2.24) is 9.55 Å². The van der Waals surface area contributed by atoms with Gasteiger partial charge in [0.05, 0.1) is 6.10 Å². The van der Waals surface area contributed by atoms with Crippen molar-refractivity contribution < 1.29 is 9.84 Å². The molecule has 2 unspecified atom stereocenters. The predicted octanol–water partition coefficient (Wildman–Crippen LogP) is 1.72. The number of aromatic nitrogens is 2. The molecule has 4 nitrogen and oxygen atoms in total. The number of fused-ring (bicyclic) bond motifs is 1. The maximum atomic E-state index is 10.2. The minimum atomic E-state index is -0.455. The van der Waals surface area contributed by atoms with Crippen molar-refractivity contribution in [1.29, 1.82) is 0 Å². The van der Waals surface area contributed by atoms with E-state index in [-0.39, 0.29) is 6.10 Å². The summed E-state index contributed by atoms with van der Waals surface area (Å²) in [7, 11) is 1.97. The molecule has 0 amide bonds. The van der Waals surface area contributed by atoms with Crippen LogP contribution in [0, 0.1) is 0 Å². The Balaban J connectivity index is 1.58. The molecule has 100 valence electrons. The van der Waals surface area contributed by atoms with Gasteiger partial charge in [0.1, 0.15) is 17.7 Å². The molecule has 0 radical (unpaired) electrons. The van der Waals surface area contributed by atoms with Gasteiger partial charge < -0.3 is 14.4 Å². The van der Waals surface area contributed by atoms with Gasteiger partial charge in [0.15, 0.2) is 0 Å². The van der Waals surface area contributed by atoms with Gasteiger partial charge in [-0.1, -0.05) is 18.2 Å². The first-order chi connectivity index (χ1) is 9.24. The Bertz CT molecular complexity index is 540. The molecule has 2 atom stereocenters. The van der Waals surface area contributed by atoms with Gasteiger partial charge >= 0.3 is 0 Å². The van der Waals surface area contributed by atoms with Gasteiger partial charge in [-0.2, -0.15) is 0 Å². The number of para-hydroxylation sites is 1. The van der Waals surface area contributed by atoms with Crippen LogP contribution in [0.4, 0.5) is 0 Å². The van der Waals surface area contributed by atoms with Crippen molar-refractivity contribution in [2.24, 2.45) is 7.05 Å². The van der Waals surface area contributed by atoms with Crippen LogP contribution in [-0.4, -0.2) is 26.9 Å². The fraction of sp³-hybridized carbons (Fsp3) is 0.400. The molecule has 1 aliphatic heterocycles. The van der Waals surface area contributed by atoms with Gasteiger partial charge in [-0.15, -0.1) is 0 Å². The molecule has 1 aromatic heterocycles. The second kappa shape index (κ2) is 5.05. The number of imidazole rings is 1. The third kappa shape index (κ3) is 2.49. The third-order valence-corrected chi connectivity index (χ3v) is 3.69. The lowest BCUT2D eigenvalue weighted by molar-refractivity contribution is 0.0438. The van der Waals surface area contributed by atoms with E-state index < -0.39 is 6.10 Å². The summed E-state index contributed by atoms with van der Waals surface area (Å²) in [6.45, 7) is 0. The van der Waals surface area contributed by atoms with Crippen molar-refractivity contribution in [3.05, 3.63) is 48.0 Å². The zero-order chi connectivity index (χ0) is 13.2. The molecule has 1 aromatic carbocycles. The quantitative estimate of drug-likeness (QED) is 0.908. The highest BCUT2D eigenvalue weighted by atomic mass is 16.5. The Morgan fingerprint density at radius 2 is 2.32 bits per heavy atom. The number of aliphatic hydroxyl groups is 1. The molecule has 0 saturated carbocycles. The SMILES string of the molecule is Cn1ccnc1CCC(O)C1Cc2ccccc2O1. The summed E-state index contributed by atoms with van der Waals surface area (Å²) >= 11 is 0. The van der Waals surface area contributed by atoms with E-state index in [2.05, 4.69) is 11.1 Å². The topological polar surface area (TPSA) is 47.3 Å². The van der Waals surface area contributed by atoms with Crippen LogP contribution in [0.15, 0.2) is 36.7 Å². The summed E-state index contributed by atoms with van der Waals surface area (Å²) < 4.78 is 7.77. The van der Waals surface area contributed by atoms with Crippen LogP contribution < -0.4 is 4.74 Å². The van der Waals surface area contributed by atoms with Gasteiger partial charge in [-0.25, -0.2) is 4.98 Å². The first-order valence-electron chi connectivity index (χ1n) is 6.63. The molecule has 0 bridgehead atoms. The largest absolute Gasteiger partial charge is 0.487 e. The number of aliphatic hydroxyl groups excluding tert-OH is 1. The van der Waals surface area contributed by atoms with E-state index in [1.54, 1.807) is 6.20 Å². The van der Waals surface area contributed by atoms with Crippen molar-refractivity contribution in [2.45, 2.75) is 31.5 Å². The van der Waals surface area contributed by atoms with Gasteiger partial charge in [0, 0.05) is 32.3 Å². The molecule has 0 aliphatic carbocycles. The summed E-state index contributed by atoms with van der Waals surface area (Å²) in [5, 5.41) is 10.2. The molecule has 1 N–H and O–H groups in total. The standard InChI is InChI=1S/C15H18N2O2/c1-17-9-8-16-15(17)7-6-12(18)14-10-11-4-2-3-5-13(11)19-14/h2-5,8-9,12,14,18H,6-7,10H2,1H3. The van der Waals surface area contributed by atoms with E-state index in [0.29, 0.717) is 6.42 Å². The molecule has 0 saturated heterocycles. The van der Waals surface area contributed by atoms with Gasteiger partial charge in [-0.3, -0.25) is 0 Å². The van der Waals surface area contributed by atoms with Crippen LogP contribution in [0.2, 0.25) is 0 Å². The number of rotatable bonds is 4. The molecule has 19 heavy (non-hydrogen) atoms. The molecule has 1 aliphatic rings. The summed E-state index contributed by atoms with van der Waals surface area (Å²) in [6, 6.07) is 7.98. The fourth-order valence-electron chi connectivity index (χ4n) is 2.52. The van der Waals surface area contributed by atoms with Crippen molar-refractivity contribution in [3.8, 4) is 5.75 Å². The molecule has 3 rings (SSSR count). The summed E-state index contributed by atoms with van der Waals surface area (Å²) in [6.07, 6.45) is 5.34. The van der Waals surface area contributed by atoms with Gasteiger partial charge in [0.2, 0.25) is 0 Å². The lowest BCUT2D eigenvalue weighted by atomic mass is 10.0. The van der Waals surface area contributed by atoms with E-state index in [1.165, 1.54) is 5.56 Å². The number of benzene rings is 1. The summed E-state index contributed by atoms with van der Waals surface area (Å²) in [5.41, 5.74) is 1.18. The number of hydrogen-bond donors (Lipinski definition) is 1. The van der Waals surface area contributed by atoms with Crippen LogP contribution in [0.5, 0.6) is 5.75 Å². The second-order valence-corrected chi connectivity index (χ2v) is 5.03. The van der Waals surface area contributed by atoms with Crippen molar-refractivity contribution in [3.63, 3.8) is 0 Å². The van der Waals surface area contributed by atoms with E-state index in [4.69, 9.17) is 4.74 Å². The molecular weight excluding hydrogens is 240 g/mol. The van der Waals surface area contributed by atoms with Crippen LogP contribution in [0.25, 0.3) is 0 Å². The van der Waals surface area contributed by atoms with E-state index >= 15 is 0 Å². The Kier molecular flexibility index (Phi) is 3.25. The highest BCUT2D eigenvalue weighted by Gasteiger charge is 2.28. The Labute approximate surface area is 112 Å². The van der Waals surface area contributed by atoms with Crippen LogP contribution in [0.1, 0.15) is 17.8 Å². The first-order valence-corrected chi connectivity index (χ1v) is 6.63. The first kappa shape index (κ1) is 12.2. The fourth-order valence-corrected chi connectivity index (χ4v) is 2.52. The minimum Gasteiger partial charge on any atom is -0.487 e. The summed E-state index contributed by atoms with van der Waals surface area (Å²) in [5.74, 6) is 1.90. The van der Waals surface area contributed by atoms with Gasteiger partial charge in [-0.05, 0) is 18.1 Å². The monoisotopic (exact) mass is 258 g/mol. The van der Waals surface area contributed by atoms with Crippen molar-refractivity contribution >= 4 is 0 Å².